The molecule has 28 heavy (non-hydrogen) atoms. The number of likely N-dealkylation sites (N-methyl/N-ethyl adjacent to an activating group) is 1. The van der Waals surface area contributed by atoms with Gasteiger partial charge in [-0.05, 0) is 43.1 Å². The van der Waals surface area contributed by atoms with E-state index in [1.807, 2.05) is 36.1 Å². The fourth-order valence-corrected chi connectivity index (χ4v) is 3.62. The minimum atomic E-state index is 0.192. The first-order valence-corrected chi connectivity index (χ1v) is 10.4. The maximum absolute atomic E-state index is 6.48. The van der Waals surface area contributed by atoms with Gasteiger partial charge in [-0.2, -0.15) is 5.10 Å². The Morgan fingerprint density at radius 2 is 2.00 bits per heavy atom. The molecule has 6 nitrogen and oxygen atoms in total. The monoisotopic (exact) mass is 404 g/mol. The molecule has 2 N–H and O–H groups in total. The molecule has 0 bridgehead atoms. The molecule has 0 saturated heterocycles. The largest absolute Gasteiger partial charge is 0.356 e. The molecule has 0 fully saturated rings. The summed E-state index contributed by atoms with van der Waals surface area (Å²) in [5, 5.41) is 11.9. The van der Waals surface area contributed by atoms with Crippen LogP contribution in [0.2, 0.25) is 5.02 Å². The second-order valence-electron chi connectivity index (χ2n) is 6.76. The standard InChI is InChI=1S/C21H33ClN6/c1-5-28(6-2)20(18-11-7-8-12-19(18)22)15-25-21(23-3)24-13-9-10-17-14-26-27(4)16-17/h7-8,11-12,14,16,20H,5-6,9-10,13,15H2,1-4H3,(H2,23,24,25). The summed E-state index contributed by atoms with van der Waals surface area (Å²) in [4.78, 5) is 6.77. The van der Waals surface area contributed by atoms with Crippen molar-refractivity contribution in [1.29, 1.82) is 0 Å². The lowest BCUT2D eigenvalue weighted by molar-refractivity contribution is 0.219. The zero-order chi connectivity index (χ0) is 20.4. The SMILES string of the molecule is CCN(CC)C(CNC(=NC)NCCCc1cnn(C)c1)c1ccccc1Cl. The van der Waals surface area contributed by atoms with Crippen LogP contribution in [0.3, 0.4) is 0 Å². The van der Waals surface area contributed by atoms with Crippen LogP contribution >= 0.6 is 11.6 Å². The van der Waals surface area contributed by atoms with Gasteiger partial charge in [0.25, 0.3) is 0 Å². The average Bonchev–Trinajstić information content (AvgIpc) is 3.12. The van der Waals surface area contributed by atoms with E-state index in [0.29, 0.717) is 0 Å². The lowest BCUT2D eigenvalue weighted by Gasteiger charge is -2.31. The van der Waals surface area contributed by atoms with Crippen molar-refractivity contribution in [2.75, 3.05) is 33.2 Å². The van der Waals surface area contributed by atoms with Crippen molar-refractivity contribution >= 4 is 17.6 Å². The first kappa shape index (κ1) is 22.2. The zero-order valence-electron chi connectivity index (χ0n) is 17.5. The van der Waals surface area contributed by atoms with Gasteiger partial charge in [0.15, 0.2) is 5.96 Å². The zero-order valence-corrected chi connectivity index (χ0v) is 18.2. The summed E-state index contributed by atoms with van der Waals surface area (Å²) in [5.41, 5.74) is 2.40. The van der Waals surface area contributed by atoms with Crippen LogP contribution in [0.1, 0.15) is 37.4 Å². The van der Waals surface area contributed by atoms with Crippen LogP contribution in [0.5, 0.6) is 0 Å². The van der Waals surface area contributed by atoms with Crippen molar-refractivity contribution in [2.45, 2.75) is 32.7 Å². The van der Waals surface area contributed by atoms with E-state index >= 15 is 0 Å². The number of aliphatic imine (C=N–C) groups is 1. The Hall–Kier alpha value is -2.05. The third kappa shape index (κ3) is 6.53. The van der Waals surface area contributed by atoms with E-state index in [-0.39, 0.29) is 6.04 Å². The summed E-state index contributed by atoms with van der Waals surface area (Å²) >= 11 is 6.48. The summed E-state index contributed by atoms with van der Waals surface area (Å²) in [6.07, 6.45) is 6.01. The van der Waals surface area contributed by atoms with E-state index in [4.69, 9.17) is 11.6 Å². The summed E-state index contributed by atoms with van der Waals surface area (Å²) in [6, 6.07) is 8.28. The van der Waals surface area contributed by atoms with E-state index in [1.165, 1.54) is 5.56 Å². The number of guanidine groups is 1. The highest BCUT2D eigenvalue weighted by atomic mass is 35.5. The Morgan fingerprint density at radius 1 is 1.25 bits per heavy atom. The number of aromatic nitrogens is 2. The minimum absolute atomic E-state index is 0.192. The fourth-order valence-electron chi connectivity index (χ4n) is 3.36. The molecule has 1 heterocycles. The second-order valence-corrected chi connectivity index (χ2v) is 7.17. The number of nitrogens with one attached hydrogen (secondary N) is 2. The van der Waals surface area contributed by atoms with Gasteiger partial charge in [-0.25, -0.2) is 0 Å². The van der Waals surface area contributed by atoms with Gasteiger partial charge < -0.3 is 10.6 Å². The van der Waals surface area contributed by atoms with E-state index in [0.717, 1.165) is 55.6 Å². The molecule has 154 valence electrons. The maximum atomic E-state index is 6.48. The molecule has 0 saturated carbocycles. The molecule has 1 atom stereocenters. The predicted octanol–water partition coefficient (Wildman–Crippen LogP) is 3.25. The van der Waals surface area contributed by atoms with Gasteiger partial charge in [0.2, 0.25) is 0 Å². The molecule has 0 amide bonds. The van der Waals surface area contributed by atoms with Crippen molar-refractivity contribution in [2.24, 2.45) is 12.0 Å². The van der Waals surface area contributed by atoms with Crippen LogP contribution in [0.25, 0.3) is 0 Å². The molecule has 7 heteroatoms. The van der Waals surface area contributed by atoms with Gasteiger partial charge in [0.05, 0.1) is 12.2 Å². The van der Waals surface area contributed by atoms with Crippen molar-refractivity contribution < 1.29 is 0 Å². The molecular formula is C21H33ClN6. The topological polar surface area (TPSA) is 57.5 Å². The Labute approximate surface area is 174 Å². The predicted molar refractivity (Wildman–Crippen MR) is 118 cm³/mol. The Morgan fingerprint density at radius 3 is 2.61 bits per heavy atom. The average molecular weight is 405 g/mol. The van der Waals surface area contributed by atoms with Crippen LogP contribution in [-0.2, 0) is 13.5 Å². The number of rotatable bonds is 10. The van der Waals surface area contributed by atoms with Crippen molar-refractivity contribution in [1.82, 2.24) is 25.3 Å². The van der Waals surface area contributed by atoms with Crippen LogP contribution in [0.4, 0.5) is 0 Å². The summed E-state index contributed by atoms with van der Waals surface area (Å²) in [5.74, 6) is 0.815. The van der Waals surface area contributed by atoms with E-state index < -0.39 is 0 Å². The van der Waals surface area contributed by atoms with Crippen LogP contribution in [0.15, 0.2) is 41.7 Å². The highest BCUT2D eigenvalue weighted by Crippen LogP contribution is 2.26. The third-order valence-electron chi connectivity index (χ3n) is 4.90. The van der Waals surface area contributed by atoms with Gasteiger partial charge in [-0.3, -0.25) is 14.6 Å². The Bertz CT molecular complexity index is 738. The Balaban J connectivity index is 1.89. The second kappa shape index (κ2) is 11.7. The molecule has 1 aromatic carbocycles. The molecule has 0 aliphatic rings. The maximum Gasteiger partial charge on any atom is 0.191 e. The quantitative estimate of drug-likeness (QED) is 0.362. The molecule has 0 aliphatic heterocycles. The van der Waals surface area contributed by atoms with E-state index in [1.54, 1.807) is 7.05 Å². The van der Waals surface area contributed by atoms with Crippen molar-refractivity contribution in [3.63, 3.8) is 0 Å². The van der Waals surface area contributed by atoms with Crippen LogP contribution in [-0.4, -0.2) is 53.9 Å². The number of benzene rings is 1. The smallest absolute Gasteiger partial charge is 0.191 e. The minimum Gasteiger partial charge on any atom is -0.356 e. The lowest BCUT2D eigenvalue weighted by Crippen LogP contribution is -2.43. The molecule has 0 radical (unpaired) electrons. The number of hydrogen-bond donors (Lipinski definition) is 2. The van der Waals surface area contributed by atoms with Crippen molar-refractivity contribution in [3.8, 4) is 0 Å². The number of halogens is 1. The lowest BCUT2D eigenvalue weighted by atomic mass is 10.0. The first-order valence-electron chi connectivity index (χ1n) is 9.99. The van der Waals surface area contributed by atoms with Gasteiger partial charge in [-0.1, -0.05) is 43.6 Å². The highest BCUT2D eigenvalue weighted by molar-refractivity contribution is 6.31. The number of aryl methyl sites for hydroxylation is 2. The van der Waals surface area contributed by atoms with Crippen molar-refractivity contribution in [3.05, 3.63) is 52.8 Å². The summed E-state index contributed by atoms with van der Waals surface area (Å²) in [6.45, 7) is 7.89. The van der Waals surface area contributed by atoms with Crippen LogP contribution < -0.4 is 10.6 Å². The fraction of sp³-hybridized carbons (Fsp3) is 0.524. The number of nitrogens with zero attached hydrogens (tertiary/aromatic N) is 4. The molecule has 2 aromatic rings. The van der Waals surface area contributed by atoms with E-state index in [2.05, 4.69) is 51.7 Å². The van der Waals surface area contributed by atoms with E-state index in [9.17, 15) is 0 Å². The van der Waals surface area contributed by atoms with Gasteiger partial charge in [-0.15, -0.1) is 0 Å². The first-order chi connectivity index (χ1) is 13.6. The summed E-state index contributed by atoms with van der Waals surface area (Å²) in [7, 11) is 3.75. The molecule has 0 spiro atoms. The van der Waals surface area contributed by atoms with Gasteiger partial charge in [0, 0.05) is 38.4 Å². The molecular weight excluding hydrogens is 372 g/mol. The van der Waals surface area contributed by atoms with Gasteiger partial charge >= 0.3 is 0 Å². The normalized spacial score (nSPS) is 13.0. The third-order valence-corrected chi connectivity index (χ3v) is 5.24. The molecule has 1 unspecified atom stereocenters. The summed E-state index contributed by atoms with van der Waals surface area (Å²) < 4.78 is 1.84. The number of hydrogen-bond acceptors (Lipinski definition) is 3. The highest BCUT2D eigenvalue weighted by Gasteiger charge is 2.20. The van der Waals surface area contributed by atoms with Gasteiger partial charge in [0.1, 0.15) is 0 Å². The van der Waals surface area contributed by atoms with Crippen LogP contribution in [0, 0.1) is 0 Å². The Kier molecular flexibility index (Phi) is 9.31. The molecule has 0 aliphatic carbocycles. The molecule has 2 rings (SSSR count). The molecule has 1 aromatic heterocycles.